The number of fused-ring (bicyclic) bond motifs is 1. The van der Waals surface area contributed by atoms with Gasteiger partial charge in [-0.15, -0.1) is 11.3 Å². The van der Waals surface area contributed by atoms with Gasteiger partial charge in [0.2, 0.25) is 0 Å². The normalized spacial score (nSPS) is 18.0. The molecule has 3 aromatic rings. The summed E-state index contributed by atoms with van der Waals surface area (Å²) in [6, 6.07) is 10.6. The molecule has 5 heteroatoms. The monoisotopic (exact) mass is 341 g/mol. The third kappa shape index (κ3) is 3.11. The molecule has 0 saturated carbocycles. The van der Waals surface area contributed by atoms with E-state index in [-0.39, 0.29) is 0 Å². The van der Waals surface area contributed by atoms with Crippen LogP contribution < -0.4 is 0 Å². The van der Waals surface area contributed by atoms with Crippen molar-refractivity contribution in [3.63, 3.8) is 0 Å². The van der Waals surface area contributed by atoms with Gasteiger partial charge in [0.05, 0.1) is 17.5 Å². The van der Waals surface area contributed by atoms with Crippen molar-refractivity contribution in [2.24, 2.45) is 0 Å². The summed E-state index contributed by atoms with van der Waals surface area (Å²) < 4.78 is 7.98. The minimum atomic E-state index is 0.329. The molecule has 126 valence electrons. The van der Waals surface area contributed by atoms with E-state index in [4.69, 9.17) is 4.74 Å². The smallest absolute Gasteiger partial charge is 0.137 e. The van der Waals surface area contributed by atoms with Gasteiger partial charge in [-0.05, 0) is 51.1 Å². The van der Waals surface area contributed by atoms with Gasteiger partial charge in [-0.3, -0.25) is 4.90 Å². The number of ether oxygens (including phenoxy) is 1. The maximum atomic E-state index is 5.79. The molecule has 1 fully saturated rings. The molecule has 4 nitrogen and oxygen atoms in total. The van der Waals surface area contributed by atoms with E-state index in [9.17, 15) is 0 Å². The molecule has 0 radical (unpaired) electrons. The Bertz CT molecular complexity index is 832. The predicted octanol–water partition coefficient (Wildman–Crippen LogP) is 4.19. The zero-order chi connectivity index (χ0) is 16.5. The van der Waals surface area contributed by atoms with Crippen molar-refractivity contribution in [1.29, 1.82) is 0 Å². The van der Waals surface area contributed by atoms with Crippen LogP contribution in [0.4, 0.5) is 0 Å². The average molecular weight is 341 g/mol. The Morgan fingerprint density at radius 1 is 1.29 bits per heavy atom. The molecule has 4 heterocycles. The number of hydrogen-bond donors (Lipinski definition) is 0. The number of imidazole rings is 1. The molecular formula is C19H23N3OS. The Kier molecular flexibility index (Phi) is 4.39. The van der Waals surface area contributed by atoms with Gasteiger partial charge in [0.25, 0.3) is 0 Å². The summed E-state index contributed by atoms with van der Waals surface area (Å²) in [5.41, 5.74) is 3.40. The third-order valence-corrected chi connectivity index (χ3v) is 5.77. The molecule has 1 aliphatic rings. The fourth-order valence-corrected chi connectivity index (χ4v) is 4.56. The summed E-state index contributed by atoms with van der Waals surface area (Å²) in [6.07, 6.45) is 4.77. The van der Waals surface area contributed by atoms with Crippen LogP contribution >= 0.6 is 11.3 Å². The van der Waals surface area contributed by atoms with Crippen molar-refractivity contribution in [3.8, 4) is 0 Å². The second-order valence-electron chi connectivity index (χ2n) is 6.55. The van der Waals surface area contributed by atoms with Gasteiger partial charge in [0.15, 0.2) is 0 Å². The van der Waals surface area contributed by atoms with Crippen molar-refractivity contribution in [2.75, 3.05) is 13.7 Å². The first-order chi connectivity index (χ1) is 11.7. The van der Waals surface area contributed by atoms with Gasteiger partial charge >= 0.3 is 0 Å². The lowest BCUT2D eigenvalue weighted by Crippen LogP contribution is -2.18. The van der Waals surface area contributed by atoms with E-state index >= 15 is 0 Å². The maximum Gasteiger partial charge on any atom is 0.137 e. The zero-order valence-electron chi connectivity index (χ0n) is 14.2. The molecule has 3 aromatic heterocycles. The molecule has 0 unspecified atom stereocenters. The Morgan fingerprint density at radius 3 is 3.04 bits per heavy atom. The van der Waals surface area contributed by atoms with Crippen LogP contribution in [0.2, 0.25) is 0 Å². The highest BCUT2D eigenvalue weighted by atomic mass is 32.1. The van der Waals surface area contributed by atoms with E-state index in [0.717, 1.165) is 37.5 Å². The Morgan fingerprint density at radius 2 is 2.21 bits per heavy atom. The molecule has 0 N–H and O–H groups in total. The number of rotatable bonds is 5. The van der Waals surface area contributed by atoms with Crippen LogP contribution in [0.3, 0.4) is 0 Å². The minimum Gasteiger partial charge on any atom is -0.373 e. The van der Waals surface area contributed by atoms with Crippen LogP contribution in [0, 0.1) is 6.92 Å². The standard InChI is InChI=1S/C19H23N3OS/c1-14-16(22-10-4-3-7-19(22)20-14)13-21(2)12-15-8-9-18(24-15)17-6-5-11-23-17/h3-4,7-10,17H,5-6,11-13H2,1-2H3/t17-/m0/s1. The summed E-state index contributed by atoms with van der Waals surface area (Å²) in [5.74, 6) is 0. The Labute approximate surface area is 146 Å². The molecule has 24 heavy (non-hydrogen) atoms. The molecule has 0 bridgehead atoms. The molecular weight excluding hydrogens is 318 g/mol. The number of aryl methyl sites for hydroxylation is 1. The fraction of sp³-hybridized carbons (Fsp3) is 0.421. The van der Waals surface area contributed by atoms with E-state index in [0.29, 0.717) is 6.10 Å². The summed E-state index contributed by atoms with van der Waals surface area (Å²) in [6.45, 7) is 4.85. The van der Waals surface area contributed by atoms with Crippen molar-refractivity contribution in [2.45, 2.75) is 39.0 Å². The van der Waals surface area contributed by atoms with Gasteiger partial charge in [-0.25, -0.2) is 4.98 Å². The quantitative estimate of drug-likeness (QED) is 0.697. The van der Waals surface area contributed by atoms with Crippen molar-refractivity contribution in [1.82, 2.24) is 14.3 Å². The van der Waals surface area contributed by atoms with Crippen molar-refractivity contribution in [3.05, 3.63) is 57.7 Å². The zero-order valence-corrected chi connectivity index (χ0v) is 15.1. The molecule has 0 spiro atoms. The van der Waals surface area contributed by atoms with Gasteiger partial charge in [0, 0.05) is 35.6 Å². The predicted molar refractivity (Wildman–Crippen MR) is 97.3 cm³/mol. The molecule has 1 atom stereocenters. The van der Waals surface area contributed by atoms with Crippen LogP contribution in [-0.2, 0) is 17.8 Å². The van der Waals surface area contributed by atoms with Gasteiger partial charge in [-0.1, -0.05) is 6.07 Å². The number of pyridine rings is 1. The second kappa shape index (κ2) is 6.67. The van der Waals surface area contributed by atoms with Gasteiger partial charge < -0.3 is 9.14 Å². The average Bonchev–Trinajstić information content (AvgIpc) is 3.28. The SMILES string of the molecule is Cc1nc2ccccn2c1CN(C)Cc1ccc([C@@H]2CCCO2)s1. The number of nitrogens with zero attached hydrogens (tertiary/aromatic N) is 3. The van der Waals surface area contributed by atoms with Crippen LogP contribution in [0.15, 0.2) is 36.5 Å². The maximum absolute atomic E-state index is 5.79. The van der Waals surface area contributed by atoms with Crippen LogP contribution in [-0.4, -0.2) is 27.9 Å². The van der Waals surface area contributed by atoms with E-state index in [1.165, 1.54) is 21.9 Å². The highest BCUT2D eigenvalue weighted by molar-refractivity contribution is 7.12. The largest absolute Gasteiger partial charge is 0.373 e. The minimum absolute atomic E-state index is 0.329. The lowest BCUT2D eigenvalue weighted by atomic mass is 10.2. The molecule has 1 saturated heterocycles. The summed E-state index contributed by atoms with van der Waals surface area (Å²) in [7, 11) is 2.17. The summed E-state index contributed by atoms with van der Waals surface area (Å²) >= 11 is 1.89. The highest BCUT2D eigenvalue weighted by Crippen LogP contribution is 2.33. The molecule has 4 rings (SSSR count). The molecule has 0 amide bonds. The number of thiophene rings is 1. The first-order valence-electron chi connectivity index (χ1n) is 8.52. The van der Waals surface area contributed by atoms with E-state index in [1.54, 1.807) is 0 Å². The van der Waals surface area contributed by atoms with E-state index < -0.39 is 0 Å². The Balaban J connectivity index is 1.46. The first kappa shape index (κ1) is 15.8. The van der Waals surface area contributed by atoms with Gasteiger partial charge in [-0.2, -0.15) is 0 Å². The summed E-state index contributed by atoms with van der Waals surface area (Å²) in [5, 5.41) is 0. The number of hydrogen-bond acceptors (Lipinski definition) is 4. The van der Waals surface area contributed by atoms with E-state index in [2.05, 4.69) is 58.7 Å². The molecule has 0 aromatic carbocycles. The van der Waals surface area contributed by atoms with Crippen molar-refractivity contribution < 1.29 is 4.74 Å². The molecule has 1 aliphatic heterocycles. The van der Waals surface area contributed by atoms with Gasteiger partial charge in [0.1, 0.15) is 5.65 Å². The highest BCUT2D eigenvalue weighted by Gasteiger charge is 2.19. The molecule has 0 aliphatic carbocycles. The summed E-state index contributed by atoms with van der Waals surface area (Å²) in [4.78, 5) is 9.78. The fourth-order valence-electron chi connectivity index (χ4n) is 3.39. The van der Waals surface area contributed by atoms with E-state index in [1.807, 2.05) is 17.4 Å². The topological polar surface area (TPSA) is 29.8 Å². The number of aromatic nitrogens is 2. The second-order valence-corrected chi connectivity index (χ2v) is 7.75. The van der Waals surface area contributed by atoms with Crippen LogP contribution in [0.1, 0.15) is 40.1 Å². The van der Waals surface area contributed by atoms with Crippen molar-refractivity contribution >= 4 is 17.0 Å². The first-order valence-corrected chi connectivity index (χ1v) is 9.33. The Hall–Kier alpha value is -1.69. The third-order valence-electron chi connectivity index (χ3n) is 4.60. The lowest BCUT2D eigenvalue weighted by molar-refractivity contribution is 0.114. The van der Waals surface area contributed by atoms with Crippen LogP contribution in [0.25, 0.3) is 5.65 Å². The van der Waals surface area contributed by atoms with Crippen LogP contribution in [0.5, 0.6) is 0 Å². The lowest BCUT2D eigenvalue weighted by Gasteiger charge is -2.16.